The van der Waals surface area contributed by atoms with E-state index in [-0.39, 0.29) is 5.56 Å². The maximum absolute atomic E-state index is 13.5. The minimum Gasteiger partial charge on any atom is -0.478 e. The second-order valence-electron chi connectivity index (χ2n) is 3.87. The van der Waals surface area contributed by atoms with Crippen LogP contribution < -0.4 is 0 Å². The number of carbonyl (C=O) groups is 1. The van der Waals surface area contributed by atoms with E-state index in [2.05, 4.69) is 4.98 Å². The molecule has 0 aliphatic rings. The van der Waals surface area contributed by atoms with E-state index in [0.29, 0.717) is 17.1 Å². The van der Waals surface area contributed by atoms with Gasteiger partial charge in [-0.1, -0.05) is 6.07 Å². The number of pyridine rings is 1. The van der Waals surface area contributed by atoms with E-state index in [1.54, 1.807) is 6.20 Å². The largest absolute Gasteiger partial charge is 0.478 e. The van der Waals surface area contributed by atoms with Crippen LogP contribution in [-0.2, 0) is 6.42 Å². The molecular formula is C14H12FNO2S. The van der Waals surface area contributed by atoms with Crippen molar-refractivity contribution in [2.75, 3.05) is 5.75 Å². The molecular weight excluding hydrogens is 265 g/mol. The van der Waals surface area contributed by atoms with Crippen molar-refractivity contribution in [1.29, 1.82) is 0 Å². The molecule has 0 amide bonds. The summed E-state index contributed by atoms with van der Waals surface area (Å²) in [4.78, 5) is 15.4. The quantitative estimate of drug-likeness (QED) is 0.852. The fourth-order valence-electron chi connectivity index (χ4n) is 1.56. The third kappa shape index (κ3) is 3.79. The molecule has 0 spiro atoms. The highest BCUT2D eigenvalue weighted by Crippen LogP contribution is 2.23. The van der Waals surface area contributed by atoms with E-state index in [9.17, 15) is 9.18 Å². The van der Waals surface area contributed by atoms with Crippen molar-refractivity contribution in [1.82, 2.24) is 4.98 Å². The first-order chi connectivity index (χ1) is 9.16. The molecule has 2 aromatic rings. The second kappa shape index (κ2) is 6.33. The Hall–Kier alpha value is -1.88. The second-order valence-corrected chi connectivity index (χ2v) is 5.01. The molecule has 98 valence electrons. The van der Waals surface area contributed by atoms with Crippen LogP contribution in [0.2, 0.25) is 0 Å². The van der Waals surface area contributed by atoms with Crippen molar-refractivity contribution < 1.29 is 14.3 Å². The molecule has 0 aliphatic carbocycles. The highest BCUT2D eigenvalue weighted by atomic mass is 32.2. The molecule has 3 nitrogen and oxygen atoms in total. The summed E-state index contributed by atoms with van der Waals surface area (Å²) < 4.78 is 13.5. The summed E-state index contributed by atoms with van der Waals surface area (Å²) in [6.07, 6.45) is 2.42. The van der Waals surface area contributed by atoms with Crippen LogP contribution >= 0.6 is 11.8 Å². The number of halogens is 1. The predicted molar refractivity (Wildman–Crippen MR) is 72.0 cm³/mol. The molecule has 0 unspecified atom stereocenters. The van der Waals surface area contributed by atoms with Gasteiger partial charge in [0.05, 0.1) is 5.56 Å². The van der Waals surface area contributed by atoms with Gasteiger partial charge in [0.15, 0.2) is 0 Å². The number of aryl methyl sites for hydroxylation is 1. The minimum absolute atomic E-state index is 0.0988. The van der Waals surface area contributed by atoms with Crippen molar-refractivity contribution in [3.63, 3.8) is 0 Å². The van der Waals surface area contributed by atoms with E-state index in [1.807, 2.05) is 18.2 Å². The van der Waals surface area contributed by atoms with Gasteiger partial charge in [-0.25, -0.2) is 9.18 Å². The zero-order chi connectivity index (χ0) is 13.7. The number of benzene rings is 1. The molecule has 1 heterocycles. The van der Waals surface area contributed by atoms with E-state index in [4.69, 9.17) is 5.11 Å². The maximum atomic E-state index is 13.5. The summed E-state index contributed by atoms with van der Waals surface area (Å²) in [6, 6.07) is 9.46. The Morgan fingerprint density at radius 1 is 1.32 bits per heavy atom. The average molecular weight is 277 g/mol. The highest BCUT2D eigenvalue weighted by Gasteiger charge is 2.08. The van der Waals surface area contributed by atoms with Crippen molar-refractivity contribution >= 4 is 17.7 Å². The smallest absolute Gasteiger partial charge is 0.335 e. The van der Waals surface area contributed by atoms with Crippen molar-refractivity contribution in [2.45, 2.75) is 11.3 Å². The number of hydrogen-bond acceptors (Lipinski definition) is 3. The Morgan fingerprint density at radius 2 is 2.16 bits per heavy atom. The van der Waals surface area contributed by atoms with E-state index >= 15 is 0 Å². The van der Waals surface area contributed by atoms with Gasteiger partial charge in [-0.15, -0.1) is 11.8 Å². The van der Waals surface area contributed by atoms with Crippen molar-refractivity contribution in [2.24, 2.45) is 0 Å². The first-order valence-electron chi connectivity index (χ1n) is 5.72. The molecule has 1 aromatic heterocycles. The molecule has 5 heteroatoms. The van der Waals surface area contributed by atoms with Gasteiger partial charge in [-0.05, 0) is 36.8 Å². The number of aromatic nitrogens is 1. The van der Waals surface area contributed by atoms with Crippen molar-refractivity contribution in [3.05, 3.63) is 59.7 Å². The Balaban J connectivity index is 1.99. The molecule has 0 saturated carbocycles. The summed E-state index contributed by atoms with van der Waals surface area (Å²) in [5.74, 6) is -0.792. The maximum Gasteiger partial charge on any atom is 0.335 e. The molecule has 0 bridgehead atoms. The topological polar surface area (TPSA) is 50.2 Å². The predicted octanol–water partition coefficient (Wildman–Crippen LogP) is 3.25. The third-order valence-electron chi connectivity index (χ3n) is 2.52. The normalized spacial score (nSPS) is 10.4. The molecule has 0 radical (unpaired) electrons. The fourth-order valence-corrected chi connectivity index (χ4v) is 2.51. The zero-order valence-corrected chi connectivity index (χ0v) is 10.9. The number of aromatic carboxylic acids is 1. The molecule has 0 fully saturated rings. The number of rotatable bonds is 5. The van der Waals surface area contributed by atoms with Crippen LogP contribution in [0, 0.1) is 5.82 Å². The zero-order valence-electron chi connectivity index (χ0n) is 10.0. The fraction of sp³-hybridized carbons (Fsp3) is 0.143. The van der Waals surface area contributed by atoms with Gasteiger partial charge in [-0.2, -0.15) is 0 Å². The Labute approximate surface area is 114 Å². The summed E-state index contributed by atoms with van der Waals surface area (Å²) in [5.41, 5.74) is 1.03. The van der Waals surface area contributed by atoms with Crippen LogP contribution in [0.3, 0.4) is 0 Å². The molecule has 1 aromatic carbocycles. The highest BCUT2D eigenvalue weighted by molar-refractivity contribution is 7.99. The SMILES string of the molecule is O=C(O)c1ccc(F)c(SCCc2ccccn2)c1. The van der Waals surface area contributed by atoms with Crippen LogP contribution in [0.5, 0.6) is 0 Å². The van der Waals surface area contributed by atoms with E-state index in [0.717, 1.165) is 5.69 Å². The Morgan fingerprint density at radius 3 is 2.84 bits per heavy atom. The van der Waals surface area contributed by atoms with Crippen LogP contribution in [0.25, 0.3) is 0 Å². The van der Waals surface area contributed by atoms with Gasteiger partial charge < -0.3 is 5.11 Å². The van der Waals surface area contributed by atoms with E-state index < -0.39 is 11.8 Å². The van der Waals surface area contributed by atoms with Gasteiger partial charge in [0.2, 0.25) is 0 Å². The van der Waals surface area contributed by atoms with Crippen LogP contribution in [-0.4, -0.2) is 21.8 Å². The lowest BCUT2D eigenvalue weighted by atomic mass is 10.2. The van der Waals surface area contributed by atoms with Crippen LogP contribution in [0.1, 0.15) is 16.1 Å². The lowest BCUT2D eigenvalue weighted by Crippen LogP contribution is -1.98. The summed E-state index contributed by atoms with van der Waals surface area (Å²) in [7, 11) is 0. The molecule has 0 saturated heterocycles. The molecule has 19 heavy (non-hydrogen) atoms. The summed E-state index contributed by atoms with van der Waals surface area (Å²) in [6.45, 7) is 0. The lowest BCUT2D eigenvalue weighted by molar-refractivity contribution is 0.0696. The Kier molecular flexibility index (Phi) is 4.52. The van der Waals surface area contributed by atoms with Gasteiger partial charge in [0.25, 0.3) is 0 Å². The number of carboxylic acids is 1. The molecule has 2 rings (SSSR count). The van der Waals surface area contributed by atoms with Crippen molar-refractivity contribution in [3.8, 4) is 0 Å². The number of thioether (sulfide) groups is 1. The molecule has 1 N–H and O–H groups in total. The summed E-state index contributed by atoms with van der Waals surface area (Å²) >= 11 is 1.30. The van der Waals surface area contributed by atoms with Gasteiger partial charge >= 0.3 is 5.97 Å². The first-order valence-corrected chi connectivity index (χ1v) is 6.71. The number of carboxylic acid groups (broad SMARTS) is 1. The summed E-state index contributed by atoms with van der Waals surface area (Å²) in [5, 5.41) is 8.86. The molecule has 0 atom stereocenters. The minimum atomic E-state index is -1.05. The van der Waals surface area contributed by atoms with Gasteiger partial charge in [-0.3, -0.25) is 4.98 Å². The Bertz CT molecular complexity index is 575. The monoisotopic (exact) mass is 277 g/mol. The van der Waals surface area contributed by atoms with E-state index in [1.165, 1.54) is 30.0 Å². The standard InChI is InChI=1S/C14H12FNO2S/c15-12-5-4-10(14(17)18)9-13(12)19-8-6-11-3-1-2-7-16-11/h1-5,7,9H,6,8H2,(H,17,18). The van der Waals surface area contributed by atoms with Crippen LogP contribution in [0.4, 0.5) is 4.39 Å². The first kappa shape index (κ1) is 13.5. The number of hydrogen-bond donors (Lipinski definition) is 1. The number of nitrogens with zero attached hydrogens (tertiary/aromatic N) is 1. The lowest BCUT2D eigenvalue weighted by Gasteiger charge is -2.04. The van der Waals surface area contributed by atoms with Crippen LogP contribution in [0.15, 0.2) is 47.5 Å². The van der Waals surface area contributed by atoms with Gasteiger partial charge in [0.1, 0.15) is 5.82 Å². The van der Waals surface area contributed by atoms with Gasteiger partial charge in [0, 0.05) is 22.5 Å². The third-order valence-corrected chi connectivity index (χ3v) is 3.55. The molecule has 0 aliphatic heterocycles. The average Bonchev–Trinajstić information content (AvgIpc) is 2.42.